The molecule has 8 heteroatoms. The Bertz CT molecular complexity index is 280. The molecule has 0 fully saturated rings. The van der Waals surface area contributed by atoms with Gasteiger partial charge in [-0.3, -0.25) is 4.79 Å². The number of hydrogen-bond acceptors (Lipinski definition) is 3. The molecular weight excluding hydrogens is 243 g/mol. The highest BCUT2D eigenvalue weighted by Gasteiger charge is 2.27. The maximum absolute atomic E-state index is 11.7. The molecule has 0 heterocycles. The molecule has 1 amide bonds. The van der Waals surface area contributed by atoms with Crippen molar-refractivity contribution in [3.63, 3.8) is 0 Å². The molecule has 100 valence electrons. The van der Waals surface area contributed by atoms with Gasteiger partial charge in [-0.15, -0.1) is 0 Å². The minimum absolute atomic E-state index is 0.288. The van der Waals surface area contributed by atoms with Crippen LogP contribution in [0.5, 0.6) is 0 Å². The Morgan fingerprint density at radius 3 is 2.35 bits per heavy atom. The van der Waals surface area contributed by atoms with E-state index in [9.17, 15) is 22.8 Å². The van der Waals surface area contributed by atoms with Crippen LogP contribution < -0.4 is 0 Å². The number of halogens is 3. The van der Waals surface area contributed by atoms with Crippen LogP contribution in [0, 0.1) is 0 Å². The van der Waals surface area contributed by atoms with E-state index >= 15 is 0 Å². The summed E-state index contributed by atoms with van der Waals surface area (Å²) in [6, 6.07) is -1.02. The monoisotopic (exact) mass is 257 g/mol. The summed E-state index contributed by atoms with van der Waals surface area (Å²) in [5.41, 5.74) is 0. The Balaban J connectivity index is 3.91. The number of hydrogen-bond donors (Lipinski definition) is 1. The van der Waals surface area contributed by atoms with Gasteiger partial charge in [0, 0.05) is 7.05 Å². The lowest BCUT2D eigenvalue weighted by Gasteiger charge is -2.21. The lowest BCUT2D eigenvalue weighted by Crippen LogP contribution is -2.40. The van der Waals surface area contributed by atoms with Crippen LogP contribution in [-0.4, -0.2) is 54.4 Å². The summed E-state index contributed by atoms with van der Waals surface area (Å²) in [6.45, 7) is -0.510. The van der Waals surface area contributed by atoms with Gasteiger partial charge in [0.15, 0.2) is 0 Å². The van der Waals surface area contributed by atoms with Crippen molar-refractivity contribution < 1.29 is 32.6 Å². The quantitative estimate of drug-likeness (QED) is 0.717. The van der Waals surface area contributed by atoms with Crippen molar-refractivity contribution in [2.75, 3.05) is 20.3 Å². The molecule has 0 spiro atoms. The molecule has 0 aromatic rings. The van der Waals surface area contributed by atoms with E-state index in [1.165, 1.54) is 14.0 Å². The van der Waals surface area contributed by atoms with Crippen molar-refractivity contribution in [2.24, 2.45) is 0 Å². The first-order chi connectivity index (χ1) is 7.65. The Labute approximate surface area is 96.1 Å². The number of likely N-dealkylation sites (N-methyl/N-ethyl adjacent to an activating group) is 1. The van der Waals surface area contributed by atoms with Crippen LogP contribution in [0.1, 0.15) is 13.3 Å². The molecule has 0 aromatic carbocycles. The number of alkyl halides is 3. The first-order valence-corrected chi connectivity index (χ1v) is 4.78. The number of carboxylic acid groups (broad SMARTS) is 1. The number of amides is 1. The van der Waals surface area contributed by atoms with Gasteiger partial charge in [-0.2, -0.15) is 13.2 Å². The average molecular weight is 257 g/mol. The lowest BCUT2D eigenvalue weighted by molar-refractivity contribution is -0.175. The SMILES string of the molecule is CC(C(=O)O)N(C)C(=O)CCOCC(F)(F)F. The molecule has 0 radical (unpaired) electrons. The van der Waals surface area contributed by atoms with E-state index in [1.54, 1.807) is 0 Å². The summed E-state index contributed by atoms with van der Waals surface area (Å²) in [7, 11) is 1.27. The number of aliphatic carboxylic acids is 1. The Hall–Kier alpha value is -1.31. The maximum Gasteiger partial charge on any atom is 0.411 e. The fraction of sp³-hybridized carbons (Fsp3) is 0.778. The molecule has 1 atom stereocenters. The van der Waals surface area contributed by atoms with Crippen LogP contribution >= 0.6 is 0 Å². The van der Waals surface area contributed by atoms with E-state index in [0.29, 0.717) is 0 Å². The predicted molar refractivity (Wildman–Crippen MR) is 51.4 cm³/mol. The summed E-state index contributed by atoms with van der Waals surface area (Å²) >= 11 is 0. The highest BCUT2D eigenvalue weighted by molar-refractivity contribution is 5.83. The van der Waals surface area contributed by atoms with Gasteiger partial charge in [0.05, 0.1) is 13.0 Å². The lowest BCUT2D eigenvalue weighted by atomic mass is 10.3. The van der Waals surface area contributed by atoms with Crippen molar-refractivity contribution in [3.8, 4) is 0 Å². The number of rotatable bonds is 6. The highest BCUT2D eigenvalue weighted by Crippen LogP contribution is 2.14. The molecule has 0 aliphatic rings. The second kappa shape index (κ2) is 6.43. The largest absolute Gasteiger partial charge is 0.480 e. The fourth-order valence-corrected chi connectivity index (χ4v) is 0.905. The first-order valence-electron chi connectivity index (χ1n) is 4.78. The van der Waals surface area contributed by atoms with Crippen LogP contribution in [0.15, 0.2) is 0 Å². The van der Waals surface area contributed by atoms with Crippen molar-refractivity contribution >= 4 is 11.9 Å². The molecule has 0 aromatic heterocycles. The van der Waals surface area contributed by atoms with E-state index in [1.807, 2.05) is 0 Å². The molecule has 0 saturated carbocycles. The molecule has 0 bridgehead atoms. The highest BCUT2D eigenvalue weighted by atomic mass is 19.4. The zero-order chi connectivity index (χ0) is 13.6. The first kappa shape index (κ1) is 15.7. The standard InChI is InChI=1S/C9H14F3NO4/c1-6(8(15)16)13(2)7(14)3-4-17-5-9(10,11)12/h6H,3-5H2,1-2H3,(H,15,16). The molecule has 1 N–H and O–H groups in total. The van der Waals surface area contributed by atoms with Crippen LogP contribution in [0.2, 0.25) is 0 Å². The number of carbonyl (C=O) groups is 2. The van der Waals surface area contributed by atoms with Crippen LogP contribution in [-0.2, 0) is 14.3 Å². The number of carbonyl (C=O) groups excluding carboxylic acids is 1. The molecule has 0 aliphatic carbocycles. The van der Waals surface area contributed by atoms with Crippen molar-refractivity contribution in [3.05, 3.63) is 0 Å². The molecule has 0 aliphatic heterocycles. The molecule has 1 unspecified atom stereocenters. The average Bonchev–Trinajstić information content (AvgIpc) is 2.20. The van der Waals surface area contributed by atoms with Gasteiger partial charge in [0.2, 0.25) is 5.91 Å². The number of ether oxygens (including phenoxy) is 1. The van der Waals surface area contributed by atoms with Gasteiger partial charge in [0.1, 0.15) is 12.6 Å². The van der Waals surface area contributed by atoms with Gasteiger partial charge >= 0.3 is 12.1 Å². The minimum Gasteiger partial charge on any atom is -0.480 e. The maximum atomic E-state index is 11.7. The molecule has 5 nitrogen and oxygen atoms in total. The molecule has 0 rings (SSSR count). The smallest absolute Gasteiger partial charge is 0.411 e. The molecule has 0 saturated heterocycles. The number of nitrogens with zero attached hydrogens (tertiary/aromatic N) is 1. The van der Waals surface area contributed by atoms with Gasteiger partial charge < -0.3 is 14.7 Å². The van der Waals surface area contributed by atoms with E-state index in [4.69, 9.17) is 5.11 Å². The summed E-state index contributed by atoms with van der Waals surface area (Å²) in [6.07, 6.45) is -4.71. The summed E-state index contributed by atoms with van der Waals surface area (Å²) in [5.74, 6) is -1.76. The summed E-state index contributed by atoms with van der Waals surface area (Å²) in [5, 5.41) is 8.61. The van der Waals surface area contributed by atoms with Gasteiger partial charge in [-0.05, 0) is 6.92 Å². The fourth-order valence-electron chi connectivity index (χ4n) is 0.905. The Morgan fingerprint density at radius 1 is 1.41 bits per heavy atom. The second-order valence-electron chi connectivity index (χ2n) is 3.44. The van der Waals surface area contributed by atoms with E-state index in [2.05, 4.69) is 4.74 Å². The van der Waals surface area contributed by atoms with E-state index < -0.39 is 37.3 Å². The van der Waals surface area contributed by atoms with E-state index in [-0.39, 0.29) is 6.42 Å². The topological polar surface area (TPSA) is 66.8 Å². The van der Waals surface area contributed by atoms with Crippen LogP contribution in [0.3, 0.4) is 0 Å². The van der Waals surface area contributed by atoms with Crippen molar-refractivity contribution in [2.45, 2.75) is 25.6 Å². The van der Waals surface area contributed by atoms with E-state index in [0.717, 1.165) is 4.90 Å². The third-order valence-corrected chi connectivity index (χ3v) is 2.06. The van der Waals surface area contributed by atoms with Crippen molar-refractivity contribution in [1.29, 1.82) is 0 Å². The van der Waals surface area contributed by atoms with Crippen LogP contribution in [0.25, 0.3) is 0 Å². The third-order valence-electron chi connectivity index (χ3n) is 2.06. The normalized spacial score (nSPS) is 13.2. The van der Waals surface area contributed by atoms with Gasteiger partial charge in [-0.25, -0.2) is 4.79 Å². The van der Waals surface area contributed by atoms with Gasteiger partial charge in [0.25, 0.3) is 0 Å². The Morgan fingerprint density at radius 2 is 1.94 bits per heavy atom. The second-order valence-corrected chi connectivity index (χ2v) is 3.44. The minimum atomic E-state index is -4.43. The predicted octanol–water partition coefficient (Wildman–Crippen LogP) is 0.887. The molecular formula is C9H14F3NO4. The molecule has 17 heavy (non-hydrogen) atoms. The van der Waals surface area contributed by atoms with Gasteiger partial charge in [-0.1, -0.05) is 0 Å². The zero-order valence-corrected chi connectivity index (χ0v) is 9.45. The van der Waals surface area contributed by atoms with Crippen LogP contribution in [0.4, 0.5) is 13.2 Å². The zero-order valence-electron chi connectivity index (χ0n) is 9.45. The summed E-state index contributed by atoms with van der Waals surface area (Å²) < 4.78 is 39.3. The summed E-state index contributed by atoms with van der Waals surface area (Å²) in [4.78, 5) is 22.8. The third kappa shape index (κ3) is 6.77. The van der Waals surface area contributed by atoms with Crippen molar-refractivity contribution in [1.82, 2.24) is 4.90 Å². The Kier molecular flexibility index (Phi) is 5.94. The number of carboxylic acids is 1.